The quantitative estimate of drug-likeness (QED) is 0.311. The number of thioether (sulfide) groups is 1. The lowest BCUT2D eigenvalue weighted by atomic mass is 10.1. The fraction of sp³-hybridized carbons (Fsp3) is 0.115. The lowest BCUT2D eigenvalue weighted by Gasteiger charge is -2.12. The van der Waals surface area contributed by atoms with Gasteiger partial charge in [0.05, 0.1) is 32.3 Å². The van der Waals surface area contributed by atoms with E-state index in [1.807, 2.05) is 38.1 Å². The Balaban J connectivity index is 1.53. The highest BCUT2D eigenvalue weighted by Gasteiger charge is 2.24. The normalized spacial score (nSPS) is 15.4. The second-order valence-corrected chi connectivity index (χ2v) is 10.4. The molecule has 0 atom stereocenters. The summed E-state index contributed by atoms with van der Waals surface area (Å²) in [5.41, 5.74) is 4.80. The topological polar surface area (TPSA) is 74.5 Å². The van der Waals surface area contributed by atoms with Gasteiger partial charge in [0.15, 0.2) is 10.9 Å². The van der Waals surface area contributed by atoms with E-state index in [2.05, 4.69) is 32.3 Å². The number of carbonyl (C=O) groups excluding carboxylic acids is 1. The van der Waals surface area contributed by atoms with Crippen LogP contribution in [0.3, 0.4) is 0 Å². The lowest BCUT2D eigenvalue weighted by molar-refractivity contribution is -0.115. The highest BCUT2D eigenvalue weighted by molar-refractivity contribution is 9.10. The molecule has 1 fully saturated rings. The van der Waals surface area contributed by atoms with Gasteiger partial charge in [-0.3, -0.25) is 4.79 Å². The number of amides is 1. The predicted molar refractivity (Wildman–Crippen MR) is 146 cm³/mol. The van der Waals surface area contributed by atoms with Crippen molar-refractivity contribution in [1.29, 1.82) is 5.26 Å². The number of hydrogen-bond donors (Lipinski definition) is 1. The van der Waals surface area contributed by atoms with Gasteiger partial charge < -0.3 is 10.1 Å². The van der Waals surface area contributed by atoms with E-state index in [1.165, 1.54) is 11.8 Å². The molecule has 0 spiro atoms. The van der Waals surface area contributed by atoms with Gasteiger partial charge in [-0.15, -0.1) is 0 Å². The van der Waals surface area contributed by atoms with Crippen molar-refractivity contribution >= 4 is 73.7 Å². The molecule has 1 amide bonds. The number of nitrogens with one attached hydrogen (secondary N) is 1. The number of halogens is 3. The van der Waals surface area contributed by atoms with Crippen LogP contribution >= 0.6 is 50.9 Å². The second kappa shape index (κ2) is 10.9. The molecule has 1 saturated heterocycles. The van der Waals surface area contributed by atoms with Crippen molar-refractivity contribution in [2.45, 2.75) is 20.5 Å². The van der Waals surface area contributed by atoms with Gasteiger partial charge in [0, 0.05) is 10.0 Å². The van der Waals surface area contributed by atoms with Gasteiger partial charge in [0.2, 0.25) is 0 Å². The summed E-state index contributed by atoms with van der Waals surface area (Å²) in [4.78, 5) is 17.6. The molecule has 0 aliphatic carbocycles. The fourth-order valence-electron chi connectivity index (χ4n) is 3.44. The minimum absolute atomic E-state index is 0.150. The number of aliphatic imine (C=N–C) groups is 1. The predicted octanol–water partition coefficient (Wildman–Crippen LogP) is 7.72. The molecule has 1 N–H and O–H groups in total. The van der Waals surface area contributed by atoms with Crippen LogP contribution in [0.25, 0.3) is 6.08 Å². The van der Waals surface area contributed by atoms with Crippen LogP contribution in [0.5, 0.6) is 5.75 Å². The molecule has 176 valence electrons. The Morgan fingerprint density at radius 1 is 1.14 bits per heavy atom. The molecule has 1 heterocycles. The summed E-state index contributed by atoms with van der Waals surface area (Å²) in [5, 5.41) is 13.1. The number of ether oxygens (including phenoxy) is 1. The van der Waals surface area contributed by atoms with Crippen molar-refractivity contribution in [3.8, 4) is 11.8 Å². The summed E-state index contributed by atoms with van der Waals surface area (Å²) in [6.45, 7) is 4.14. The average Bonchev–Trinajstić information content (AvgIpc) is 3.15. The molecule has 0 aromatic heterocycles. The summed E-state index contributed by atoms with van der Waals surface area (Å²) < 4.78 is 6.85. The van der Waals surface area contributed by atoms with Crippen LogP contribution in [0.4, 0.5) is 5.69 Å². The number of aryl methyl sites for hydroxylation is 2. The standard InChI is InChI=1S/C26H18BrCl2N3O2S/c1-14-7-19(8-15(2)23(14)27)31-26-32-25(33)22(35-26)11-16-9-20(28)24(21(29)10-16)34-13-18-6-4-3-5-17(18)12-30/h3-11H,13H2,1-2H3,(H,31,32,33)/b22-11-. The first kappa shape index (κ1) is 25.3. The van der Waals surface area contributed by atoms with Gasteiger partial charge >= 0.3 is 0 Å². The van der Waals surface area contributed by atoms with Gasteiger partial charge in [-0.1, -0.05) is 57.3 Å². The monoisotopic (exact) mass is 585 g/mol. The Kier molecular flexibility index (Phi) is 7.88. The van der Waals surface area contributed by atoms with E-state index in [-0.39, 0.29) is 12.5 Å². The van der Waals surface area contributed by atoms with Gasteiger partial charge in [0.1, 0.15) is 6.61 Å². The highest BCUT2D eigenvalue weighted by atomic mass is 79.9. The molecule has 1 aliphatic heterocycles. The summed E-state index contributed by atoms with van der Waals surface area (Å²) in [6, 6.07) is 16.5. The Bertz CT molecular complexity index is 1400. The maximum absolute atomic E-state index is 12.5. The smallest absolute Gasteiger partial charge is 0.264 e. The maximum atomic E-state index is 12.5. The molecule has 4 rings (SSSR count). The molecular weight excluding hydrogens is 569 g/mol. The molecule has 0 bridgehead atoms. The molecule has 9 heteroatoms. The van der Waals surface area contributed by atoms with Crippen LogP contribution in [-0.4, -0.2) is 11.1 Å². The Hall–Kier alpha value is -2.76. The first-order valence-electron chi connectivity index (χ1n) is 10.4. The number of nitrogens with zero attached hydrogens (tertiary/aromatic N) is 2. The van der Waals surface area contributed by atoms with Crippen LogP contribution in [0.1, 0.15) is 27.8 Å². The van der Waals surface area contributed by atoms with Gasteiger partial charge in [-0.25, -0.2) is 4.99 Å². The zero-order valence-corrected chi connectivity index (χ0v) is 22.6. The number of hydrogen-bond acceptors (Lipinski definition) is 5. The fourth-order valence-corrected chi connectivity index (χ4v) is 5.13. The molecular formula is C26H18BrCl2N3O2S. The number of amidine groups is 1. The minimum Gasteiger partial charge on any atom is -0.486 e. The molecule has 3 aromatic rings. The number of carbonyl (C=O) groups is 1. The van der Waals surface area contributed by atoms with Crippen molar-refractivity contribution < 1.29 is 9.53 Å². The summed E-state index contributed by atoms with van der Waals surface area (Å²) in [7, 11) is 0. The van der Waals surface area contributed by atoms with Gasteiger partial charge in [-0.05, 0) is 78.7 Å². The minimum atomic E-state index is -0.250. The van der Waals surface area contributed by atoms with E-state index in [9.17, 15) is 10.1 Å². The SMILES string of the molecule is Cc1cc(N=C2NC(=O)/C(=C/c3cc(Cl)c(OCc4ccccc4C#N)c(Cl)c3)S2)cc(C)c1Br. The largest absolute Gasteiger partial charge is 0.486 e. The van der Waals surface area contributed by atoms with E-state index in [0.717, 1.165) is 26.9 Å². The van der Waals surface area contributed by atoms with E-state index in [4.69, 9.17) is 27.9 Å². The zero-order valence-electron chi connectivity index (χ0n) is 18.7. The van der Waals surface area contributed by atoms with Crippen LogP contribution in [0.2, 0.25) is 10.0 Å². The van der Waals surface area contributed by atoms with Gasteiger partial charge in [0.25, 0.3) is 5.91 Å². The van der Waals surface area contributed by atoms with Crippen molar-refractivity contribution in [2.75, 3.05) is 0 Å². The molecule has 35 heavy (non-hydrogen) atoms. The molecule has 0 radical (unpaired) electrons. The van der Waals surface area contributed by atoms with Crippen LogP contribution in [-0.2, 0) is 11.4 Å². The van der Waals surface area contributed by atoms with E-state index in [1.54, 1.807) is 30.3 Å². The highest BCUT2D eigenvalue weighted by Crippen LogP contribution is 2.37. The summed E-state index contributed by atoms with van der Waals surface area (Å²) in [5.74, 6) is 0.0648. The van der Waals surface area contributed by atoms with E-state index in [0.29, 0.717) is 37.0 Å². The molecule has 1 aliphatic rings. The van der Waals surface area contributed by atoms with Crippen molar-refractivity contribution in [1.82, 2.24) is 5.32 Å². The molecule has 0 unspecified atom stereocenters. The molecule has 5 nitrogen and oxygen atoms in total. The van der Waals surface area contributed by atoms with E-state index >= 15 is 0 Å². The van der Waals surface area contributed by atoms with Crippen molar-refractivity contribution in [3.63, 3.8) is 0 Å². The summed E-state index contributed by atoms with van der Waals surface area (Å²) in [6.07, 6.45) is 1.70. The number of rotatable bonds is 5. The third kappa shape index (κ3) is 5.91. The van der Waals surface area contributed by atoms with Crippen molar-refractivity contribution in [3.05, 3.63) is 95.8 Å². The van der Waals surface area contributed by atoms with Gasteiger partial charge in [-0.2, -0.15) is 5.26 Å². The first-order valence-corrected chi connectivity index (χ1v) is 12.8. The summed E-state index contributed by atoms with van der Waals surface area (Å²) >= 11 is 17.7. The zero-order chi connectivity index (χ0) is 25.1. The third-order valence-electron chi connectivity index (χ3n) is 5.13. The molecule has 0 saturated carbocycles. The average molecular weight is 587 g/mol. The van der Waals surface area contributed by atoms with Crippen LogP contribution < -0.4 is 10.1 Å². The Morgan fingerprint density at radius 2 is 1.80 bits per heavy atom. The lowest BCUT2D eigenvalue weighted by Crippen LogP contribution is -2.19. The number of nitriles is 1. The maximum Gasteiger partial charge on any atom is 0.264 e. The third-order valence-corrected chi connectivity index (χ3v) is 7.85. The Morgan fingerprint density at radius 3 is 2.46 bits per heavy atom. The number of benzene rings is 3. The van der Waals surface area contributed by atoms with Crippen molar-refractivity contribution in [2.24, 2.45) is 4.99 Å². The van der Waals surface area contributed by atoms with Crippen LogP contribution in [0, 0.1) is 25.2 Å². The molecule has 3 aromatic carbocycles. The second-order valence-electron chi connectivity index (χ2n) is 7.75. The Labute approximate surface area is 225 Å². The van der Waals surface area contributed by atoms with E-state index < -0.39 is 0 Å². The first-order chi connectivity index (χ1) is 16.7. The van der Waals surface area contributed by atoms with Crippen LogP contribution in [0.15, 0.2) is 62.9 Å².